The molecule has 0 aromatic heterocycles. The summed E-state index contributed by atoms with van der Waals surface area (Å²) in [4.78, 5) is 39.1. The zero-order valence-corrected chi connectivity index (χ0v) is 46.3. The molecule has 4 aromatic carbocycles. The third kappa shape index (κ3) is 16.4. The standard InChI is InChI=1S/C59H77O17P/c1-37-28-59(58(63)64-7,75-51(38(37)2)39(3)47(71-42(6)61)35-67-41(5)60)76-54-50(62)48(33-65-29-43-20-12-8-13-21-43)72-57(55(54)69-32-46-26-18-11-19-27-46)74-52-40(4)53(68-31-45-24-16-10-17-25-45)56(70-36-77)73-49(52)34-66-30-44-22-14-9-15-23-44/h8-27,37-40,47-57,62H,28-36,77H2,1-7H3/t37?,38-,39-,40?,47+,48?,49+,50+,51-,52+,53?,54+,55?,56-,57+,59+/m1/s1. The van der Waals surface area contributed by atoms with Gasteiger partial charge in [-0.15, -0.1) is 9.24 Å². The van der Waals surface area contributed by atoms with Crippen molar-refractivity contribution in [3.05, 3.63) is 144 Å². The Balaban J connectivity index is 1.29. The van der Waals surface area contributed by atoms with Crippen LogP contribution in [-0.2, 0) is 102 Å². The maximum Gasteiger partial charge on any atom is 0.366 e. The van der Waals surface area contributed by atoms with Crippen LogP contribution in [0.25, 0.3) is 0 Å². The van der Waals surface area contributed by atoms with Gasteiger partial charge in [0, 0.05) is 32.1 Å². The molecule has 0 bridgehead atoms. The topological polar surface area (TPSA) is 191 Å². The van der Waals surface area contributed by atoms with Crippen LogP contribution < -0.4 is 0 Å². The molecule has 0 spiro atoms. The van der Waals surface area contributed by atoms with Crippen molar-refractivity contribution in [3.63, 3.8) is 0 Å². The van der Waals surface area contributed by atoms with Crippen molar-refractivity contribution in [1.29, 1.82) is 0 Å². The number of carbonyl (C=O) groups is 3. The first-order chi connectivity index (χ1) is 37.2. The highest BCUT2D eigenvalue weighted by Crippen LogP contribution is 2.45. The van der Waals surface area contributed by atoms with Gasteiger partial charge in [0.25, 0.3) is 5.79 Å². The number of benzene rings is 4. The third-order valence-corrected chi connectivity index (χ3v) is 14.7. The molecule has 420 valence electrons. The van der Waals surface area contributed by atoms with Crippen molar-refractivity contribution in [1.82, 2.24) is 0 Å². The molecular formula is C59H77O17P. The van der Waals surface area contributed by atoms with E-state index in [1.165, 1.54) is 21.0 Å². The molecule has 3 heterocycles. The Morgan fingerprint density at radius 2 is 1.16 bits per heavy atom. The van der Waals surface area contributed by atoms with E-state index in [1.54, 1.807) is 6.92 Å². The number of carbonyl (C=O) groups excluding carboxylic acids is 3. The Morgan fingerprint density at radius 3 is 1.66 bits per heavy atom. The van der Waals surface area contributed by atoms with Gasteiger partial charge in [-0.05, 0) is 34.1 Å². The number of rotatable bonds is 26. The lowest BCUT2D eigenvalue weighted by Crippen LogP contribution is -2.67. The van der Waals surface area contributed by atoms with Crippen LogP contribution in [0.15, 0.2) is 121 Å². The zero-order valence-electron chi connectivity index (χ0n) is 45.1. The smallest absolute Gasteiger partial charge is 0.366 e. The lowest BCUT2D eigenvalue weighted by atomic mass is 9.76. The van der Waals surface area contributed by atoms with Crippen LogP contribution in [0.3, 0.4) is 0 Å². The lowest BCUT2D eigenvalue weighted by Gasteiger charge is -2.52. The predicted molar refractivity (Wildman–Crippen MR) is 284 cm³/mol. The molecule has 6 unspecified atom stereocenters. The van der Waals surface area contributed by atoms with Crippen LogP contribution in [0.2, 0.25) is 0 Å². The number of methoxy groups -OCH3 is 1. The maximum absolute atomic E-state index is 14.6. The molecule has 7 rings (SSSR count). The maximum atomic E-state index is 14.6. The molecule has 0 saturated carbocycles. The summed E-state index contributed by atoms with van der Waals surface area (Å²) in [5.74, 6) is -5.89. The second-order valence-electron chi connectivity index (χ2n) is 20.2. The Morgan fingerprint density at radius 1 is 0.649 bits per heavy atom. The predicted octanol–water partition coefficient (Wildman–Crippen LogP) is 7.72. The SMILES string of the molecule is COC(=O)[C@@]1(O[C@@H]2C(OCc3ccccc3)[C@H](O[C@H]3C(C)C(OCc4ccccc4)[C@H](OCP)O[C@H]3COCc3ccccc3)OC(COCc3ccccc3)[C@@H]2O)CC(C)[C@@H](C)[C@H]([C@H](C)[C@H](COC(C)=O)OC(C)=O)O1. The van der Waals surface area contributed by atoms with E-state index in [-0.39, 0.29) is 70.9 Å². The van der Waals surface area contributed by atoms with Crippen molar-refractivity contribution < 1.29 is 81.1 Å². The molecule has 18 heteroatoms. The van der Waals surface area contributed by atoms with E-state index in [0.29, 0.717) is 0 Å². The second-order valence-corrected chi connectivity index (χ2v) is 20.5. The molecule has 77 heavy (non-hydrogen) atoms. The first-order valence-electron chi connectivity index (χ1n) is 26.4. The van der Waals surface area contributed by atoms with Gasteiger partial charge >= 0.3 is 17.9 Å². The third-order valence-electron chi connectivity index (χ3n) is 14.5. The van der Waals surface area contributed by atoms with Gasteiger partial charge in [-0.25, -0.2) is 4.79 Å². The van der Waals surface area contributed by atoms with Gasteiger partial charge in [-0.1, -0.05) is 149 Å². The quantitative estimate of drug-likeness (QED) is 0.0365. The molecule has 17 nitrogen and oxygen atoms in total. The Bertz CT molecular complexity index is 2390. The summed E-state index contributed by atoms with van der Waals surface area (Å²) in [5, 5.41) is 12.8. The molecule has 17 atom stereocenters. The Kier molecular flexibility index (Phi) is 22.9. The normalized spacial score (nSPS) is 30.2. The highest BCUT2D eigenvalue weighted by atomic mass is 31.0. The zero-order chi connectivity index (χ0) is 54.9. The number of hydrogen-bond acceptors (Lipinski definition) is 17. The largest absolute Gasteiger partial charge is 0.465 e. The molecule has 0 amide bonds. The average molecular weight is 1090 g/mol. The van der Waals surface area contributed by atoms with Crippen molar-refractivity contribution in [2.24, 2.45) is 23.7 Å². The van der Waals surface area contributed by atoms with E-state index in [1.807, 2.05) is 142 Å². The summed E-state index contributed by atoms with van der Waals surface area (Å²) in [6.45, 7) is 10.6. The van der Waals surface area contributed by atoms with Gasteiger partial charge < -0.3 is 66.7 Å². The van der Waals surface area contributed by atoms with Gasteiger partial charge in [0.15, 0.2) is 12.6 Å². The van der Waals surface area contributed by atoms with Gasteiger partial charge in [-0.3, -0.25) is 9.59 Å². The first kappa shape index (κ1) is 59.9. The molecule has 3 aliphatic heterocycles. The van der Waals surface area contributed by atoms with Crippen LogP contribution in [0.4, 0.5) is 0 Å². The first-order valence-corrected chi connectivity index (χ1v) is 27.3. The average Bonchev–Trinajstić information content (AvgIpc) is 3.45. The van der Waals surface area contributed by atoms with Crippen molar-refractivity contribution in [2.45, 2.75) is 148 Å². The highest BCUT2D eigenvalue weighted by Gasteiger charge is 2.59. The molecule has 3 aliphatic rings. The minimum atomic E-state index is -2.19. The highest BCUT2D eigenvalue weighted by molar-refractivity contribution is 7.16. The fourth-order valence-electron chi connectivity index (χ4n) is 10.2. The Hall–Kier alpha value is -4.72. The molecule has 3 saturated heterocycles. The van der Waals surface area contributed by atoms with Crippen molar-refractivity contribution >= 4 is 27.1 Å². The van der Waals surface area contributed by atoms with E-state index in [0.717, 1.165) is 22.3 Å². The summed E-state index contributed by atoms with van der Waals surface area (Å²) in [5.41, 5.74) is 3.59. The monoisotopic (exact) mass is 1090 g/mol. The summed E-state index contributed by atoms with van der Waals surface area (Å²) in [6.07, 6.45) is -11.4. The van der Waals surface area contributed by atoms with E-state index in [2.05, 4.69) is 9.24 Å². The molecule has 0 aliphatic carbocycles. The van der Waals surface area contributed by atoms with Crippen LogP contribution in [0.5, 0.6) is 0 Å². The molecule has 1 N–H and O–H groups in total. The number of aliphatic hydroxyl groups is 1. The van der Waals surface area contributed by atoms with Crippen LogP contribution in [0, 0.1) is 23.7 Å². The van der Waals surface area contributed by atoms with Crippen LogP contribution in [0.1, 0.15) is 70.2 Å². The minimum absolute atomic E-state index is 0.00308. The van der Waals surface area contributed by atoms with Crippen molar-refractivity contribution in [2.75, 3.05) is 33.3 Å². The molecule has 0 radical (unpaired) electrons. The molecular weight excluding hydrogens is 1010 g/mol. The number of ether oxygens (including phenoxy) is 13. The van der Waals surface area contributed by atoms with E-state index < -0.39 is 103 Å². The van der Waals surface area contributed by atoms with E-state index in [9.17, 15) is 19.5 Å². The van der Waals surface area contributed by atoms with Crippen molar-refractivity contribution in [3.8, 4) is 0 Å². The van der Waals surface area contributed by atoms with Crippen LogP contribution in [-0.4, -0.2) is 130 Å². The van der Waals surface area contributed by atoms with Gasteiger partial charge in [0.2, 0.25) is 0 Å². The number of hydrogen-bond donors (Lipinski definition) is 1. The molecule has 3 fully saturated rings. The van der Waals surface area contributed by atoms with E-state index in [4.69, 9.17) is 61.6 Å². The van der Waals surface area contributed by atoms with E-state index >= 15 is 0 Å². The second kappa shape index (κ2) is 29.5. The Labute approximate surface area is 454 Å². The van der Waals surface area contributed by atoms with Crippen LogP contribution >= 0.6 is 9.24 Å². The fourth-order valence-corrected chi connectivity index (χ4v) is 10.4. The van der Waals surface area contributed by atoms with Gasteiger partial charge in [0.1, 0.15) is 49.3 Å². The summed E-state index contributed by atoms with van der Waals surface area (Å²) in [6, 6.07) is 38.6. The fraction of sp³-hybridized carbons (Fsp3) is 0.542. The van der Waals surface area contributed by atoms with Gasteiger partial charge in [-0.2, -0.15) is 0 Å². The van der Waals surface area contributed by atoms with Gasteiger partial charge in [0.05, 0.1) is 65.3 Å². The minimum Gasteiger partial charge on any atom is -0.465 e. The molecule has 4 aromatic rings. The summed E-state index contributed by atoms with van der Waals surface area (Å²) in [7, 11) is 3.81. The summed E-state index contributed by atoms with van der Waals surface area (Å²) < 4.78 is 84.0. The summed E-state index contributed by atoms with van der Waals surface area (Å²) >= 11 is 0. The number of esters is 3. The lowest BCUT2D eigenvalue weighted by molar-refractivity contribution is -0.389. The number of aliphatic hydroxyl groups excluding tert-OH is 1.